The quantitative estimate of drug-likeness (QED) is 0.474. The van der Waals surface area contributed by atoms with Gasteiger partial charge in [-0.1, -0.05) is 12.1 Å². The van der Waals surface area contributed by atoms with E-state index >= 15 is 0 Å². The maximum atomic E-state index is 13.2. The molecule has 2 heterocycles. The molecule has 0 atom stereocenters. The van der Waals surface area contributed by atoms with Crippen LogP contribution < -0.4 is 5.32 Å². The van der Waals surface area contributed by atoms with Crippen LogP contribution in [-0.2, 0) is 30.5 Å². The minimum absolute atomic E-state index is 0.0165. The van der Waals surface area contributed by atoms with E-state index in [1.54, 1.807) is 26.0 Å². The lowest BCUT2D eigenvalue weighted by molar-refractivity contribution is -0.141. The number of aryl methyl sites for hydroxylation is 2. The fraction of sp³-hybridized carbons (Fsp3) is 0.379. The van der Waals surface area contributed by atoms with Crippen LogP contribution in [0.15, 0.2) is 46.8 Å². The van der Waals surface area contributed by atoms with Crippen LogP contribution in [0.3, 0.4) is 0 Å². The van der Waals surface area contributed by atoms with Gasteiger partial charge in [-0.05, 0) is 73.7 Å². The number of carbonyl (C=O) groups is 3. The number of sulfonamides is 1. The van der Waals surface area contributed by atoms with Gasteiger partial charge in [0.2, 0.25) is 10.0 Å². The summed E-state index contributed by atoms with van der Waals surface area (Å²) in [5.41, 5.74) is 0.226. The third-order valence-corrected chi connectivity index (χ3v) is 9.11. The van der Waals surface area contributed by atoms with Gasteiger partial charge in [0.05, 0.1) is 12.7 Å². The molecule has 0 bridgehead atoms. The molecule has 10 nitrogen and oxygen atoms in total. The van der Waals surface area contributed by atoms with Gasteiger partial charge in [-0.2, -0.15) is 17.5 Å². The Morgan fingerprint density at radius 2 is 1.77 bits per heavy atom. The minimum Gasteiger partial charge on any atom is -0.468 e. The number of piperidine rings is 1. The predicted molar refractivity (Wildman–Crippen MR) is 153 cm³/mol. The van der Waals surface area contributed by atoms with E-state index in [2.05, 4.69) is 15.0 Å². The monoisotopic (exact) mass is 620 g/mol. The van der Waals surface area contributed by atoms with Crippen molar-refractivity contribution in [1.29, 1.82) is 0 Å². The number of alkyl halides is 3. The van der Waals surface area contributed by atoms with E-state index in [1.165, 1.54) is 41.6 Å². The number of nitrogens with one attached hydrogen (secondary N) is 1. The number of likely N-dealkylation sites (N-methyl/N-ethyl adjacent to an activating group) is 1. The van der Waals surface area contributed by atoms with Crippen LogP contribution in [-0.4, -0.2) is 80.6 Å². The summed E-state index contributed by atoms with van der Waals surface area (Å²) < 4.78 is 71.6. The van der Waals surface area contributed by atoms with Crippen LogP contribution in [0.25, 0.3) is 6.08 Å². The van der Waals surface area contributed by atoms with E-state index in [1.807, 2.05) is 0 Å². The molecule has 2 aliphatic rings. The second kappa shape index (κ2) is 11.9. The third kappa shape index (κ3) is 6.80. The second-order valence-corrected chi connectivity index (χ2v) is 12.4. The Morgan fingerprint density at radius 3 is 2.35 bits per heavy atom. The average Bonchev–Trinajstić information content (AvgIpc) is 3.26. The molecule has 2 aliphatic heterocycles. The summed E-state index contributed by atoms with van der Waals surface area (Å²) in [5, 5.41) is 3.63. The van der Waals surface area contributed by atoms with E-state index in [0.717, 1.165) is 17.5 Å². The number of hydrogen-bond donors (Lipinski definition) is 1. The van der Waals surface area contributed by atoms with Crippen LogP contribution in [0.2, 0.25) is 0 Å². The van der Waals surface area contributed by atoms with Gasteiger partial charge in [0.1, 0.15) is 17.9 Å². The molecule has 0 radical (unpaired) electrons. The molecule has 14 heteroatoms. The Balaban J connectivity index is 1.46. The van der Waals surface area contributed by atoms with Gasteiger partial charge < -0.3 is 15.0 Å². The number of nitrogens with zero attached hydrogens (tertiary/aromatic N) is 3. The first kappa shape index (κ1) is 31.9. The molecule has 0 aromatic heterocycles. The molecule has 1 N–H and O–H groups in total. The molecule has 2 aromatic carbocycles. The first-order chi connectivity index (χ1) is 20.1. The smallest absolute Gasteiger partial charge is 0.416 e. The lowest BCUT2D eigenvalue weighted by Gasteiger charge is -2.34. The molecule has 2 aromatic rings. The predicted octanol–water partition coefficient (Wildman–Crippen LogP) is 3.28. The van der Waals surface area contributed by atoms with Crippen molar-refractivity contribution in [3.8, 4) is 0 Å². The Kier molecular flexibility index (Phi) is 8.84. The van der Waals surface area contributed by atoms with E-state index in [0.29, 0.717) is 22.3 Å². The van der Waals surface area contributed by atoms with Crippen LogP contribution in [0.5, 0.6) is 0 Å². The third-order valence-electron chi connectivity index (χ3n) is 7.54. The Hall–Kier alpha value is -4.04. The number of hydrogen-bond acceptors (Lipinski definition) is 7. The van der Waals surface area contributed by atoms with Crippen LogP contribution in [0.1, 0.15) is 51.0 Å². The van der Waals surface area contributed by atoms with Gasteiger partial charge in [-0.3, -0.25) is 19.4 Å². The van der Waals surface area contributed by atoms with Crippen molar-refractivity contribution >= 4 is 39.7 Å². The Bertz CT molecular complexity index is 1600. The van der Waals surface area contributed by atoms with Crippen molar-refractivity contribution in [2.75, 3.05) is 33.8 Å². The van der Waals surface area contributed by atoms with Crippen molar-refractivity contribution in [3.63, 3.8) is 0 Å². The summed E-state index contributed by atoms with van der Waals surface area (Å²) in [5.74, 6) is -1.41. The van der Waals surface area contributed by atoms with Crippen molar-refractivity contribution in [3.05, 3.63) is 75.2 Å². The maximum absolute atomic E-state index is 13.2. The standard InChI is InChI=1S/C29H31F3N4O6S/c1-18-14-21(26(38)35(3)17-24(37)42-4)15-19(2)23(18)8-13-43(40,41)36-11-9-28(10-12-36)27(39)33-25(34-28)20-6-5-7-22(16-20)29(30,31)32/h5-8,13-16H,9-12,17H2,1-4H3,(H,33,34,39). The molecule has 0 aliphatic carbocycles. The van der Waals surface area contributed by atoms with Crippen LogP contribution >= 0.6 is 0 Å². The number of methoxy groups -OCH3 is 1. The number of rotatable bonds is 7. The van der Waals surface area contributed by atoms with Crippen molar-refractivity contribution in [2.24, 2.45) is 4.99 Å². The zero-order chi connectivity index (χ0) is 31.7. The zero-order valence-electron chi connectivity index (χ0n) is 24.0. The number of amides is 2. The first-order valence-corrected chi connectivity index (χ1v) is 14.8. The number of esters is 1. The second-order valence-electron chi connectivity index (χ2n) is 10.5. The highest BCUT2D eigenvalue weighted by molar-refractivity contribution is 7.92. The topological polar surface area (TPSA) is 125 Å². The Morgan fingerprint density at radius 1 is 1.14 bits per heavy atom. The fourth-order valence-corrected chi connectivity index (χ4v) is 6.27. The van der Waals surface area contributed by atoms with E-state index in [9.17, 15) is 36.0 Å². The molecule has 0 unspecified atom stereocenters. The van der Waals surface area contributed by atoms with Crippen LogP contribution in [0, 0.1) is 13.8 Å². The van der Waals surface area contributed by atoms with Crippen molar-refractivity contribution < 1.29 is 40.7 Å². The minimum atomic E-state index is -4.55. The van der Waals surface area contributed by atoms with Gasteiger partial charge in [-0.25, -0.2) is 8.42 Å². The van der Waals surface area contributed by atoms with Crippen molar-refractivity contribution in [2.45, 2.75) is 38.4 Å². The molecule has 1 spiro atoms. The number of carbonyl (C=O) groups excluding carboxylic acids is 3. The summed E-state index contributed by atoms with van der Waals surface area (Å²) in [4.78, 5) is 42.8. The molecule has 1 fully saturated rings. The van der Waals surface area contributed by atoms with Gasteiger partial charge in [-0.15, -0.1) is 0 Å². The van der Waals surface area contributed by atoms with Crippen molar-refractivity contribution in [1.82, 2.24) is 14.5 Å². The summed E-state index contributed by atoms with van der Waals surface area (Å²) >= 11 is 0. The van der Waals surface area contributed by atoms with Gasteiger partial charge in [0.25, 0.3) is 11.8 Å². The Labute approximate surface area is 247 Å². The van der Waals surface area contributed by atoms with Gasteiger partial charge >= 0.3 is 12.1 Å². The highest BCUT2D eigenvalue weighted by atomic mass is 32.2. The lowest BCUT2D eigenvalue weighted by atomic mass is 9.89. The van der Waals surface area contributed by atoms with Gasteiger partial charge in [0.15, 0.2) is 0 Å². The van der Waals surface area contributed by atoms with Crippen LogP contribution in [0.4, 0.5) is 13.2 Å². The normalized spacial score (nSPS) is 17.2. The molecule has 230 valence electrons. The maximum Gasteiger partial charge on any atom is 0.416 e. The van der Waals surface area contributed by atoms with E-state index < -0.39 is 45.1 Å². The number of benzene rings is 2. The summed E-state index contributed by atoms with van der Waals surface area (Å²) in [6, 6.07) is 7.71. The highest BCUT2D eigenvalue weighted by Gasteiger charge is 2.47. The molecular weight excluding hydrogens is 589 g/mol. The summed E-state index contributed by atoms with van der Waals surface area (Å²) in [7, 11) is -1.20. The van der Waals surface area contributed by atoms with E-state index in [4.69, 9.17) is 0 Å². The summed E-state index contributed by atoms with van der Waals surface area (Å²) in [6.07, 6.45) is -2.99. The average molecular weight is 621 g/mol. The van der Waals surface area contributed by atoms with E-state index in [-0.39, 0.29) is 43.9 Å². The van der Waals surface area contributed by atoms with Gasteiger partial charge in [0, 0.05) is 36.7 Å². The fourth-order valence-electron chi connectivity index (χ4n) is 5.10. The molecular formula is C29H31F3N4O6S. The first-order valence-electron chi connectivity index (χ1n) is 13.3. The molecule has 2 amide bonds. The SMILES string of the molecule is COC(=O)CN(C)C(=O)c1cc(C)c(C=CS(=O)(=O)N2CCC3(CC2)N=C(c2cccc(C(F)(F)F)c2)NC3=O)c(C)c1. The number of aliphatic imine (C=N–C) groups is 1. The summed E-state index contributed by atoms with van der Waals surface area (Å²) in [6.45, 7) is 3.22. The number of ether oxygens (including phenoxy) is 1. The number of amidine groups is 1. The molecule has 43 heavy (non-hydrogen) atoms. The molecule has 0 saturated carbocycles. The molecule has 1 saturated heterocycles. The lowest BCUT2D eigenvalue weighted by Crippen LogP contribution is -2.50. The molecule has 4 rings (SSSR count). The largest absolute Gasteiger partial charge is 0.468 e. The zero-order valence-corrected chi connectivity index (χ0v) is 24.8. The highest BCUT2D eigenvalue weighted by Crippen LogP contribution is 2.34. The number of halogens is 3.